The number of hydrogen-bond donors (Lipinski definition) is 1. The van der Waals surface area contributed by atoms with Crippen molar-refractivity contribution in [3.05, 3.63) is 29.3 Å². The predicted octanol–water partition coefficient (Wildman–Crippen LogP) is 2.94. The van der Waals surface area contributed by atoms with Gasteiger partial charge in [0.15, 0.2) is 0 Å². The van der Waals surface area contributed by atoms with Crippen LogP contribution in [0.25, 0.3) is 0 Å². The van der Waals surface area contributed by atoms with Crippen LogP contribution in [0.3, 0.4) is 0 Å². The van der Waals surface area contributed by atoms with E-state index in [-0.39, 0.29) is 18.2 Å². The Morgan fingerprint density at radius 3 is 2.29 bits per heavy atom. The molecule has 0 aliphatic rings. The Bertz CT molecular complexity index is 458. The van der Waals surface area contributed by atoms with Gasteiger partial charge in [-0.25, -0.2) is 0 Å². The van der Waals surface area contributed by atoms with Gasteiger partial charge in [0.05, 0.1) is 5.56 Å². The van der Waals surface area contributed by atoms with Crippen LogP contribution in [0, 0.1) is 0 Å². The van der Waals surface area contributed by atoms with Crippen LogP contribution in [0.5, 0.6) is 0 Å². The monoisotopic (exact) mass is 303 g/mol. The number of benzene rings is 1. The van der Waals surface area contributed by atoms with E-state index in [0.717, 1.165) is 24.8 Å². The van der Waals surface area contributed by atoms with Gasteiger partial charge in [0.2, 0.25) is 0 Å². The van der Waals surface area contributed by atoms with E-state index < -0.39 is 11.7 Å². The second-order valence-corrected chi connectivity index (χ2v) is 5.44. The van der Waals surface area contributed by atoms with Crippen LogP contribution in [-0.2, 0) is 12.7 Å². The third-order valence-corrected chi connectivity index (χ3v) is 3.45. The lowest BCUT2D eigenvalue weighted by Crippen LogP contribution is -2.40. The lowest BCUT2D eigenvalue weighted by molar-refractivity contribution is -0.138. The summed E-state index contributed by atoms with van der Waals surface area (Å²) in [4.78, 5) is 4.14. The molecule has 120 valence electrons. The van der Waals surface area contributed by atoms with E-state index in [1.165, 1.54) is 6.07 Å². The van der Waals surface area contributed by atoms with Gasteiger partial charge in [0.1, 0.15) is 0 Å². The molecule has 6 heteroatoms. The van der Waals surface area contributed by atoms with E-state index in [2.05, 4.69) is 16.7 Å². The summed E-state index contributed by atoms with van der Waals surface area (Å²) in [6.07, 6.45) is -4.36. The zero-order valence-electron chi connectivity index (χ0n) is 13.0. The first kappa shape index (κ1) is 17.8. The van der Waals surface area contributed by atoms with Crippen LogP contribution in [0.4, 0.5) is 18.9 Å². The standard InChI is InChI=1S/C15H24F3N3/c1-5-21(11(2)10-20(3)4)13-6-7-14(15(16,17)18)12(8-13)9-19/h6-8,11H,5,9-10,19H2,1-4H3. The van der Waals surface area contributed by atoms with Gasteiger partial charge >= 0.3 is 6.18 Å². The van der Waals surface area contributed by atoms with E-state index in [9.17, 15) is 13.2 Å². The van der Waals surface area contributed by atoms with Crippen molar-refractivity contribution in [3.8, 4) is 0 Å². The summed E-state index contributed by atoms with van der Waals surface area (Å²) in [5, 5.41) is 0. The van der Waals surface area contributed by atoms with Gasteiger partial charge in [-0.1, -0.05) is 0 Å². The molecule has 1 atom stereocenters. The van der Waals surface area contributed by atoms with Gasteiger partial charge in [-0.2, -0.15) is 13.2 Å². The van der Waals surface area contributed by atoms with Crippen LogP contribution in [-0.4, -0.2) is 38.1 Å². The van der Waals surface area contributed by atoms with Gasteiger partial charge in [-0.15, -0.1) is 0 Å². The molecule has 1 unspecified atom stereocenters. The van der Waals surface area contributed by atoms with Crippen molar-refractivity contribution in [3.63, 3.8) is 0 Å². The lowest BCUT2D eigenvalue weighted by atomic mass is 10.0. The average molecular weight is 303 g/mol. The molecule has 0 spiro atoms. The molecule has 0 aliphatic heterocycles. The van der Waals surface area contributed by atoms with Gasteiger partial charge < -0.3 is 15.5 Å². The van der Waals surface area contributed by atoms with Crippen LogP contribution in [0.15, 0.2) is 18.2 Å². The quantitative estimate of drug-likeness (QED) is 0.877. The highest BCUT2D eigenvalue weighted by molar-refractivity contribution is 5.52. The Morgan fingerprint density at radius 2 is 1.86 bits per heavy atom. The number of rotatable bonds is 6. The molecule has 0 aliphatic carbocycles. The number of alkyl halides is 3. The molecular formula is C15H24F3N3. The van der Waals surface area contributed by atoms with Crippen LogP contribution in [0.1, 0.15) is 25.0 Å². The van der Waals surface area contributed by atoms with E-state index in [0.29, 0.717) is 0 Å². The first-order chi connectivity index (χ1) is 9.70. The van der Waals surface area contributed by atoms with Crippen LogP contribution < -0.4 is 10.6 Å². The summed E-state index contributed by atoms with van der Waals surface area (Å²) >= 11 is 0. The van der Waals surface area contributed by atoms with E-state index in [1.807, 2.05) is 21.0 Å². The Morgan fingerprint density at radius 1 is 1.24 bits per heavy atom. The van der Waals surface area contributed by atoms with E-state index in [1.54, 1.807) is 6.07 Å². The maximum Gasteiger partial charge on any atom is 0.416 e. The third kappa shape index (κ3) is 4.61. The number of nitrogens with zero attached hydrogens (tertiary/aromatic N) is 2. The Kier molecular flexibility index (Phi) is 6.04. The minimum absolute atomic E-state index is 0.123. The maximum atomic E-state index is 12.9. The molecule has 21 heavy (non-hydrogen) atoms. The van der Waals surface area contributed by atoms with Crippen LogP contribution >= 0.6 is 0 Å². The highest BCUT2D eigenvalue weighted by Gasteiger charge is 2.33. The number of anilines is 1. The molecule has 0 fully saturated rings. The van der Waals surface area contributed by atoms with Crippen molar-refractivity contribution >= 4 is 5.69 Å². The van der Waals surface area contributed by atoms with Gasteiger partial charge in [-0.05, 0) is 51.7 Å². The summed E-state index contributed by atoms with van der Waals surface area (Å²) in [6.45, 7) is 5.48. The number of halogens is 3. The normalized spacial score (nSPS) is 13.6. The van der Waals surface area contributed by atoms with Crippen molar-refractivity contribution in [2.75, 3.05) is 32.1 Å². The minimum Gasteiger partial charge on any atom is -0.368 e. The van der Waals surface area contributed by atoms with Gasteiger partial charge in [-0.3, -0.25) is 0 Å². The topological polar surface area (TPSA) is 32.5 Å². The second kappa shape index (κ2) is 7.13. The summed E-state index contributed by atoms with van der Waals surface area (Å²) < 4.78 is 38.7. The zero-order valence-corrected chi connectivity index (χ0v) is 13.0. The maximum absolute atomic E-state index is 12.9. The molecule has 0 radical (unpaired) electrons. The lowest BCUT2D eigenvalue weighted by Gasteiger charge is -2.32. The fourth-order valence-electron chi connectivity index (χ4n) is 2.58. The summed E-state index contributed by atoms with van der Waals surface area (Å²) in [5.41, 5.74) is 5.75. The molecule has 1 rings (SSSR count). The van der Waals surface area contributed by atoms with E-state index >= 15 is 0 Å². The Hall–Kier alpha value is -1.27. The fourth-order valence-corrected chi connectivity index (χ4v) is 2.58. The molecule has 2 N–H and O–H groups in total. The molecule has 0 saturated carbocycles. The SMILES string of the molecule is CCN(c1ccc(C(F)(F)F)c(CN)c1)C(C)CN(C)C. The summed E-state index contributed by atoms with van der Waals surface area (Å²) in [7, 11) is 3.95. The molecule has 1 aromatic carbocycles. The Balaban J connectivity index is 3.12. The second-order valence-electron chi connectivity index (χ2n) is 5.44. The highest BCUT2D eigenvalue weighted by atomic mass is 19.4. The molecular weight excluding hydrogens is 279 g/mol. The van der Waals surface area contributed by atoms with Crippen molar-refractivity contribution < 1.29 is 13.2 Å². The van der Waals surface area contributed by atoms with Crippen molar-refractivity contribution in [1.82, 2.24) is 4.90 Å². The Labute approximate surface area is 124 Å². The molecule has 1 aromatic rings. The predicted molar refractivity (Wildman–Crippen MR) is 80.4 cm³/mol. The molecule has 0 amide bonds. The van der Waals surface area contributed by atoms with Crippen molar-refractivity contribution in [1.29, 1.82) is 0 Å². The average Bonchev–Trinajstić information content (AvgIpc) is 2.37. The summed E-state index contributed by atoms with van der Waals surface area (Å²) in [5.74, 6) is 0. The first-order valence-corrected chi connectivity index (χ1v) is 7.02. The minimum atomic E-state index is -4.36. The number of nitrogens with two attached hydrogens (primary N) is 1. The van der Waals surface area contributed by atoms with Crippen molar-refractivity contribution in [2.24, 2.45) is 5.73 Å². The number of hydrogen-bond acceptors (Lipinski definition) is 3. The van der Waals surface area contributed by atoms with Crippen molar-refractivity contribution in [2.45, 2.75) is 32.6 Å². The smallest absolute Gasteiger partial charge is 0.368 e. The van der Waals surface area contributed by atoms with Gasteiger partial charge in [0, 0.05) is 31.4 Å². The molecule has 0 bridgehead atoms. The van der Waals surface area contributed by atoms with Gasteiger partial charge in [0.25, 0.3) is 0 Å². The molecule has 0 saturated heterocycles. The largest absolute Gasteiger partial charge is 0.416 e. The van der Waals surface area contributed by atoms with Crippen LogP contribution in [0.2, 0.25) is 0 Å². The molecule has 0 heterocycles. The molecule has 3 nitrogen and oxygen atoms in total. The zero-order chi connectivity index (χ0) is 16.2. The molecule has 0 aromatic heterocycles. The fraction of sp³-hybridized carbons (Fsp3) is 0.600. The third-order valence-electron chi connectivity index (χ3n) is 3.45. The number of likely N-dealkylation sites (N-methyl/N-ethyl adjacent to an activating group) is 2. The van der Waals surface area contributed by atoms with E-state index in [4.69, 9.17) is 5.73 Å². The summed E-state index contributed by atoms with van der Waals surface area (Å²) in [6, 6.07) is 4.41. The highest BCUT2D eigenvalue weighted by Crippen LogP contribution is 2.34. The first-order valence-electron chi connectivity index (χ1n) is 7.02.